The van der Waals surface area contributed by atoms with Gasteiger partial charge in [0, 0.05) is 16.9 Å². The Morgan fingerprint density at radius 3 is 2.02 bits per heavy atom. The van der Waals surface area contributed by atoms with Crippen LogP contribution in [0.2, 0.25) is 0 Å². The number of nitroso groups, excluding NO2 is 1. The topological polar surface area (TPSA) is 115 Å². The molecule has 1 fully saturated rings. The number of piperazine rings is 1. The van der Waals surface area contributed by atoms with Gasteiger partial charge in [0.15, 0.2) is 5.78 Å². The largest absolute Gasteiger partial charge is 0.416 e. The normalized spacial score (nSPS) is 16.3. The summed E-state index contributed by atoms with van der Waals surface area (Å²) in [7, 11) is 0. The fourth-order valence-corrected chi connectivity index (χ4v) is 5.13. The van der Waals surface area contributed by atoms with Crippen LogP contribution in [0.5, 0.6) is 0 Å². The number of Topliss-reactive ketones (excluding diaryl/α,β-unsaturated/α-hetero) is 1. The number of primary amides is 1. The highest BCUT2D eigenvalue weighted by Crippen LogP contribution is 2.37. The average molecular weight is 622 g/mol. The number of halogens is 6. The molecule has 0 saturated carbocycles. The van der Waals surface area contributed by atoms with E-state index in [0.29, 0.717) is 55.9 Å². The molecule has 0 bridgehead atoms. The zero-order valence-corrected chi connectivity index (χ0v) is 23.3. The lowest BCUT2D eigenvalue weighted by molar-refractivity contribution is -0.143. The monoisotopic (exact) mass is 621 g/mol. The zero-order chi connectivity index (χ0) is 32.2. The summed E-state index contributed by atoms with van der Waals surface area (Å²) >= 11 is 0. The van der Waals surface area contributed by atoms with Gasteiger partial charge in [-0.1, -0.05) is 12.1 Å². The number of hydrogen-bond donors (Lipinski definition) is 1. The van der Waals surface area contributed by atoms with E-state index in [1.54, 1.807) is 9.80 Å². The first-order chi connectivity index (χ1) is 20.7. The van der Waals surface area contributed by atoms with Crippen LogP contribution in [-0.4, -0.2) is 59.4 Å². The molecule has 0 aromatic heterocycles. The average Bonchev–Trinajstić information content (AvgIpc) is 2.97. The Morgan fingerprint density at radius 1 is 0.864 bits per heavy atom. The maximum atomic E-state index is 13.2. The van der Waals surface area contributed by atoms with Crippen LogP contribution in [0.15, 0.2) is 29.8 Å². The smallest absolute Gasteiger partial charge is 0.370 e. The highest BCUT2D eigenvalue weighted by molar-refractivity contribution is 6.13. The number of alkyl halides is 6. The van der Waals surface area contributed by atoms with Gasteiger partial charge in [0.1, 0.15) is 13.1 Å². The maximum absolute atomic E-state index is 13.2. The van der Waals surface area contributed by atoms with Gasteiger partial charge in [-0.3, -0.25) is 14.4 Å². The van der Waals surface area contributed by atoms with Crippen molar-refractivity contribution in [1.29, 1.82) is 0 Å². The van der Waals surface area contributed by atoms with Gasteiger partial charge >= 0.3 is 18.2 Å². The minimum Gasteiger partial charge on any atom is -0.370 e. The molecule has 2 amide bonds. The van der Waals surface area contributed by atoms with Gasteiger partial charge in [-0.25, -0.2) is 4.90 Å². The number of carbonyl (C=O) groups is 3. The second-order valence-electron chi connectivity index (χ2n) is 10.5. The first-order valence-corrected chi connectivity index (χ1v) is 13.7. The van der Waals surface area contributed by atoms with Crippen molar-refractivity contribution in [2.45, 2.75) is 50.9 Å². The molecule has 8 nitrogen and oxygen atoms in total. The van der Waals surface area contributed by atoms with Crippen molar-refractivity contribution in [2.75, 3.05) is 26.2 Å². The van der Waals surface area contributed by atoms with Crippen molar-refractivity contribution < 1.29 is 40.7 Å². The standard InChI is InChI=1S/C30H26F6N4O4/c31-29(32,33)22-14-18(15-23(17-22)30(34,35)36)13-20-6-5-19-16-21(7-8-24(19)27(20)42)28(43)40-11-9-39(10-12-40)26(38-44)4-2-1-3-25(37)41/h13-17H,1-6,9-12H2,(H-,37,41)/p+1/b20-13+. The van der Waals surface area contributed by atoms with E-state index >= 15 is 0 Å². The molecule has 0 atom stereocenters. The minimum atomic E-state index is -5.02. The number of hydrogen-bond acceptors (Lipinski definition) is 4. The Labute approximate surface area is 248 Å². The van der Waals surface area contributed by atoms with E-state index in [1.165, 1.54) is 6.07 Å². The molecule has 14 heteroatoms. The molecule has 232 valence electrons. The van der Waals surface area contributed by atoms with Gasteiger partial charge in [-0.15, -0.1) is 0 Å². The number of aryl methyl sites for hydroxylation is 1. The first-order valence-electron chi connectivity index (χ1n) is 13.7. The lowest BCUT2D eigenvalue weighted by Crippen LogP contribution is -2.51. The van der Waals surface area contributed by atoms with Crippen molar-refractivity contribution in [2.24, 2.45) is 5.73 Å². The number of nitrogens with two attached hydrogens (primary N) is 1. The summed E-state index contributed by atoms with van der Waals surface area (Å²) in [6, 6.07) is 7.95. The van der Waals surface area contributed by atoms with Crippen LogP contribution in [-0.2, 0) is 23.6 Å². The summed E-state index contributed by atoms with van der Waals surface area (Å²) < 4.78 is 79.5. The summed E-state index contributed by atoms with van der Waals surface area (Å²) in [5.74, 6) is -1.09. The van der Waals surface area contributed by atoms with Crippen molar-refractivity contribution in [3.05, 3.63) is 80.3 Å². The van der Waals surface area contributed by atoms with E-state index < -0.39 is 40.7 Å². The van der Waals surface area contributed by atoms with Crippen LogP contribution < -0.4 is 10.6 Å². The van der Waals surface area contributed by atoms with Gasteiger partial charge in [0.2, 0.25) is 5.91 Å². The summed E-state index contributed by atoms with van der Waals surface area (Å²) in [6.07, 6.45) is -7.11. The molecular formula is C30H27F6N4O4+. The second-order valence-corrected chi connectivity index (χ2v) is 10.5. The van der Waals surface area contributed by atoms with Crippen LogP contribution in [0.1, 0.15) is 75.1 Å². The third-order valence-electron chi connectivity index (χ3n) is 7.44. The van der Waals surface area contributed by atoms with E-state index in [1.807, 2.05) is 0 Å². The lowest BCUT2D eigenvalue weighted by atomic mass is 9.86. The van der Waals surface area contributed by atoms with E-state index in [9.17, 15) is 45.6 Å². The summed E-state index contributed by atoms with van der Waals surface area (Å²) in [4.78, 5) is 54.9. The third-order valence-corrected chi connectivity index (χ3v) is 7.44. The molecule has 2 N–H and O–H groups in total. The number of rotatable bonds is 7. The number of fused-ring (bicyclic) bond motifs is 1. The van der Waals surface area contributed by atoms with Gasteiger partial charge in [0.05, 0.1) is 46.6 Å². The highest BCUT2D eigenvalue weighted by atomic mass is 19.4. The molecule has 1 aliphatic heterocycles. The Balaban J connectivity index is 1.44. The molecule has 1 heterocycles. The molecule has 2 aromatic rings. The van der Waals surface area contributed by atoms with Crippen molar-refractivity contribution in [1.82, 2.24) is 14.7 Å². The number of amides is 2. The molecule has 1 saturated heterocycles. The molecule has 2 aliphatic rings. The molecule has 0 radical (unpaired) electrons. The first kappa shape index (κ1) is 32.3. The SMILES string of the molecule is NC(=O)CCCCC(=[N+]=O)N1CCN(C(=O)c2c#cc3c(c2)CC/C(=C\c2cc(C(F)(F)F)cc(C(F)(F)F)c2)C3=O)CC1. The molecule has 0 unspecified atom stereocenters. The van der Waals surface area contributed by atoms with E-state index in [4.69, 9.17) is 5.73 Å². The molecular weight excluding hydrogens is 594 g/mol. The summed E-state index contributed by atoms with van der Waals surface area (Å²) in [5.41, 5.74) is 2.41. The van der Waals surface area contributed by atoms with E-state index in [-0.39, 0.29) is 61.0 Å². The highest BCUT2D eigenvalue weighted by Gasteiger charge is 2.37. The van der Waals surface area contributed by atoms with E-state index in [0.717, 1.165) is 6.08 Å². The Kier molecular flexibility index (Phi) is 9.49. The number of amidine groups is 1. The maximum Gasteiger partial charge on any atom is 0.416 e. The number of carbonyl (C=O) groups excluding carboxylic acids is 3. The number of benzene rings is 1. The zero-order valence-electron chi connectivity index (χ0n) is 23.3. The fraction of sp³-hybridized carbons (Fsp3) is 0.400. The molecule has 4 rings (SSSR count). The number of allylic oxidation sites excluding steroid dienone is 1. The molecule has 44 heavy (non-hydrogen) atoms. The van der Waals surface area contributed by atoms with Gasteiger partial charge in [-0.05, 0) is 67.2 Å². The fourth-order valence-electron chi connectivity index (χ4n) is 5.13. The van der Waals surface area contributed by atoms with Crippen molar-refractivity contribution >= 4 is 29.5 Å². The Morgan fingerprint density at radius 2 is 1.45 bits per heavy atom. The van der Waals surface area contributed by atoms with Crippen LogP contribution in [0.25, 0.3) is 6.08 Å². The predicted octanol–water partition coefficient (Wildman–Crippen LogP) is 4.57. The van der Waals surface area contributed by atoms with Crippen LogP contribution in [0, 0.1) is 17.0 Å². The van der Waals surface area contributed by atoms with Crippen molar-refractivity contribution in [3.63, 3.8) is 0 Å². The lowest BCUT2D eigenvalue weighted by Gasteiger charge is -2.30. The Bertz CT molecular complexity index is 1500. The van der Waals surface area contributed by atoms with Gasteiger partial charge < -0.3 is 10.6 Å². The summed E-state index contributed by atoms with van der Waals surface area (Å²) in [5, 5.41) is 0. The molecule has 1 aliphatic carbocycles. The number of unbranched alkanes of at least 4 members (excludes halogenated alkanes) is 1. The second kappa shape index (κ2) is 12.9. The Hall–Kier alpha value is -4.63. The number of ketones is 1. The number of nitrogens with zero attached hydrogens (tertiary/aromatic N) is 3. The molecule has 2 aromatic carbocycles. The van der Waals surface area contributed by atoms with Gasteiger partial charge in [-0.2, -0.15) is 26.3 Å². The molecule has 0 spiro atoms. The third kappa shape index (κ3) is 7.65. The van der Waals surface area contributed by atoms with E-state index in [2.05, 4.69) is 17.0 Å². The van der Waals surface area contributed by atoms with Crippen molar-refractivity contribution in [3.8, 4) is 0 Å². The minimum absolute atomic E-state index is 0.00951. The van der Waals surface area contributed by atoms with Crippen LogP contribution in [0.3, 0.4) is 0 Å². The summed E-state index contributed by atoms with van der Waals surface area (Å²) in [6.45, 7) is 1.28. The van der Waals surface area contributed by atoms with Crippen LogP contribution in [0.4, 0.5) is 26.3 Å². The quantitative estimate of drug-likeness (QED) is 0.122. The van der Waals surface area contributed by atoms with Crippen LogP contribution >= 0.6 is 0 Å². The van der Waals surface area contributed by atoms with Gasteiger partial charge in [0.25, 0.3) is 5.91 Å². The predicted molar refractivity (Wildman–Crippen MR) is 147 cm³/mol.